The van der Waals surface area contributed by atoms with Gasteiger partial charge < -0.3 is 4.74 Å². The van der Waals surface area contributed by atoms with Crippen molar-refractivity contribution in [2.75, 3.05) is 7.11 Å². The number of rotatable bonds is 3. The molecule has 15 heavy (non-hydrogen) atoms. The number of methoxy groups -OCH3 is 1. The zero-order valence-electron chi connectivity index (χ0n) is 8.58. The Morgan fingerprint density at radius 1 is 1.47 bits per heavy atom. The highest BCUT2D eigenvalue weighted by Gasteiger charge is 2.02. The van der Waals surface area contributed by atoms with Gasteiger partial charge in [0.1, 0.15) is 5.82 Å². The Kier molecular flexibility index (Phi) is 2.57. The average molecular weight is 205 g/mol. The van der Waals surface area contributed by atoms with Gasteiger partial charge in [0.15, 0.2) is 0 Å². The zero-order valence-corrected chi connectivity index (χ0v) is 8.58. The SMILES string of the molecule is COc1cc(Cn2nnnc2C)ccn1. The molecule has 0 unspecified atom stereocenters. The first kappa shape index (κ1) is 9.57. The summed E-state index contributed by atoms with van der Waals surface area (Å²) < 4.78 is 6.75. The van der Waals surface area contributed by atoms with E-state index in [1.165, 1.54) is 0 Å². The van der Waals surface area contributed by atoms with Crippen LogP contribution in [0, 0.1) is 6.92 Å². The predicted octanol–water partition coefficient (Wildman–Crippen LogP) is 0.433. The molecule has 0 saturated carbocycles. The number of hydrogen-bond acceptors (Lipinski definition) is 5. The van der Waals surface area contributed by atoms with Gasteiger partial charge in [0.05, 0.1) is 13.7 Å². The molecule has 0 aromatic carbocycles. The Morgan fingerprint density at radius 3 is 3.00 bits per heavy atom. The highest BCUT2D eigenvalue weighted by Crippen LogP contribution is 2.09. The molecule has 2 aromatic rings. The summed E-state index contributed by atoms with van der Waals surface area (Å²) in [5.41, 5.74) is 1.05. The topological polar surface area (TPSA) is 65.7 Å². The molecule has 0 aliphatic rings. The molecule has 0 fully saturated rings. The zero-order chi connectivity index (χ0) is 10.7. The fraction of sp³-hybridized carbons (Fsp3) is 0.333. The van der Waals surface area contributed by atoms with Gasteiger partial charge in [-0.25, -0.2) is 9.67 Å². The molecular weight excluding hydrogens is 194 g/mol. The number of tetrazole rings is 1. The van der Waals surface area contributed by atoms with Crippen molar-refractivity contribution in [3.8, 4) is 5.88 Å². The van der Waals surface area contributed by atoms with Crippen LogP contribution in [0.5, 0.6) is 5.88 Å². The second kappa shape index (κ2) is 4.04. The third-order valence-electron chi connectivity index (χ3n) is 2.05. The molecule has 0 radical (unpaired) electrons. The molecule has 0 N–H and O–H groups in total. The number of aromatic nitrogens is 5. The largest absolute Gasteiger partial charge is 0.481 e. The fourth-order valence-electron chi connectivity index (χ4n) is 1.23. The fourth-order valence-corrected chi connectivity index (χ4v) is 1.23. The van der Waals surface area contributed by atoms with Crippen molar-refractivity contribution in [1.29, 1.82) is 0 Å². The minimum atomic E-state index is 0.596. The van der Waals surface area contributed by atoms with Gasteiger partial charge >= 0.3 is 0 Å². The van der Waals surface area contributed by atoms with Gasteiger partial charge in [0.25, 0.3) is 0 Å². The molecule has 2 aromatic heterocycles. The molecule has 0 spiro atoms. The van der Waals surface area contributed by atoms with Crippen LogP contribution in [0.3, 0.4) is 0 Å². The van der Waals surface area contributed by atoms with Gasteiger partial charge in [-0.15, -0.1) is 5.10 Å². The Morgan fingerprint density at radius 2 is 2.33 bits per heavy atom. The lowest BCUT2D eigenvalue weighted by Gasteiger charge is -2.03. The van der Waals surface area contributed by atoms with Crippen LogP contribution in [0.1, 0.15) is 11.4 Å². The minimum absolute atomic E-state index is 0.596. The molecule has 0 amide bonds. The third kappa shape index (κ3) is 2.09. The van der Waals surface area contributed by atoms with Crippen molar-refractivity contribution >= 4 is 0 Å². The number of nitrogens with zero attached hydrogens (tertiary/aromatic N) is 5. The monoisotopic (exact) mass is 205 g/mol. The van der Waals surface area contributed by atoms with Crippen LogP contribution >= 0.6 is 0 Å². The van der Waals surface area contributed by atoms with Gasteiger partial charge in [-0.05, 0) is 29.0 Å². The number of pyridine rings is 1. The third-order valence-corrected chi connectivity index (χ3v) is 2.05. The molecule has 2 heterocycles. The van der Waals surface area contributed by atoms with Crippen molar-refractivity contribution in [1.82, 2.24) is 25.2 Å². The van der Waals surface area contributed by atoms with Crippen LogP contribution in [0.2, 0.25) is 0 Å². The van der Waals surface area contributed by atoms with Gasteiger partial charge in [-0.3, -0.25) is 0 Å². The number of ether oxygens (including phenoxy) is 1. The highest BCUT2D eigenvalue weighted by molar-refractivity contribution is 5.20. The van der Waals surface area contributed by atoms with Crippen molar-refractivity contribution < 1.29 is 4.74 Å². The maximum atomic E-state index is 5.03. The summed E-state index contributed by atoms with van der Waals surface area (Å²) >= 11 is 0. The molecule has 2 rings (SSSR count). The lowest BCUT2D eigenvalue weighted by atomic mass is 10.2. The summed E-state index contributed by atoms with van der Waals surface area (Å²) in [5.74, 6) is 1.38. The van der Waals surface area contributed by atoms with E-state index in [0.29, 0.717) is 12.4 Å². The van der Waals surface area contributed by atoms with E-state index < -0.39 is 0 Å². The summed E-state index contributed by atoms with van der Waals surface area (Å²) in [6.45, 7) is 2.48. The first-order valence-electron chi connectivity index (χ1n) is 4.51. The minimum Gasteiger partial charge on any atom is -0.481 e. The highest BCUT2D eigenvalue weighted by atomic mass is 16.5. The first-order chi connectivity index (χ1) is 7.29. The molecule has 78 valence electrons. The van der Waals surface area contributed by atoms with E-state index in [1.54, 1.807) is 18.0 Å². The van der Waals surface area contributed by atoms with E-state index in [0.717, 1.165) is 11.4 Å². The Labute approximate surface area is 86.9 Å². The molecular formula is C9H11N5O. The van der Waals surface area contributed by atoms with Gasteiger partial charge in [0, 0.05) is 12.3 Å². The molecule has 0 aliphatic heterocycles. The Balaban J connectivity index is 2.21. The van der Waals surface area contributed by atoms with Gasteiger partial charge in [0.2, 0.25) is 5.88 Å². The Hall–Kier alpha value is -1.98. The van der Waals surface area contributed by atoms with Crippen LogP contribution in [0.15, 0.2) is 18.3 Å². The summed E-state index contributed by atoms with van der Waals surface area (Å²) in [6, 6.07) is 3.77. The second-order valence-electron chi connectivity index (χ2n) is 3.09. The number of aryl methyl sites for hydroxylation is 1. The summed E-state index contributed by atoms with van der Waals surface area (Å²) in [7, 11) is 1.59. The normalized spacial score (nSPS) is 10.3. The van der Waals surface area contributed by atoms with Crippen LogP contribution in [-0.4, -0.2) is 32.3 Å². The van der Waals surface area contributed by atoms with Crippen molar-refractivity contribution in [2.45, 2.75) is 13.5 Å². The summed E-state index contributed by atoms with van der Waals surface area (Å²) in [6.07, 6.45) is 1.70. The smallest absolute Gasteiger partial charge is 0.213 e. The molecule has 6 heteroatoms. The molecule has 6 nitrogen and oxygen atoms in total. The van der Waals surface area contributed by atoms with Crippen LogP contribution in [0.25, 0.3) is 0 Å². The first-order valence-corrected chi connectivity index (χ1v) is 4.51. The summed E-state index contributed by atoms with van der Waals surface area (Å²) in [4.78, 5) is 4.03. The quantitative estimate of drug-likeness (QED) is 0.727. The average Bonchev–Trinajstić information content (AvgIpc) is 2.65. The molecule has 0 saturated heterocycles. The maximum Gasteiger partial charge on any atom is 0.213 e. The van der Waals surface area contributed by atoms with Gasteiger partial charge in [-0.2, -0.15) is 0 Å². The lowest BCUT2D eigenvalue weighted by Crippen LogP contribution is -2.04. The van der Waals surface area contributed by atoms with Gasteiger partial charge in [-0.1, -0.05) is 0 Å². The van der Waals surface area contributed by atoms with E-state index >= 15 is 0 Å². The van der Waals surface area contributed by atoms with Crippen molar-refractivity contribution in [3.63, 3.8) is 0 Å². The molecule has 0 bridgehead atoms. The Bertz CT molecular complexity index is 453. The predicted molar refractivity (Wildman–Crippen MR) is 52.4 cm³/mol. The molecule has 0 atom stereocenters. The standard InChI is InChI=1S/C9H11N5O/c1-7-11-12-13-14(7)6-8-3-4-10-9(5-8)15-2/h3-5H,6H2,1-2H3. The van der Waals surface area contributed by atoms with E-state index in [9.17, 15) is 0 Å². The van der Waals surface area contributed by atoms with Crippen LogP contribution in [0.4, 0.5) is 0 Å². The van der Waals surface area contributed by atoms with Crippen LogP contribution < -0.4 is 4.74 Å². The van der Waals surface area contributed by atoms with Crippen LogP contribution in [-0.2, 0) is 6.54 Å². The molecule has 0 aliphatic carbocycles. The van der Waals surface area contributed by atoms with Crippen molar-refractivity contribution in [3.05, 3.63) is 29.7 Å². The van der Waals surface area contributed by atoms with E-state index in [1.807, 2.05) is 19.1 Å². The summed E-state index contributed by atoms with van der Waals surface area (Å²) in [5, 5.41) is 11.2. The lowest BCUT2D eigenvalue weighted by molar-refractivity contribution is 0.397. The number of hydrogen-bond donors (Lipinski definition) is 0. The van der Waals surface area contributed by atoms with E-state index in [2.05, 4.69) is 20.5 Å². The second-order valence-corrected chi connectivity index (χ2v) is 3.09. The van der Waals surface area contributed by atoms with Crippen molar-refractivity contribution in [2.24, 2.45) is 0 Å². The van der Waals surface area contributed by atoms with E-state index in [4.69, 9.17) is 4.74 Å². The maximum absolute atomic E-state index is 5.03. The van der Waals surface area contributed by atoms with E-state index in [-0.39, 0.29) is 0 Å².